The van der Waals surface area contributed by atoms with E-state index in [1.165, 1.54) is 0 Å². The summed E-state index contributed by atoms with van der Waals surface area (Å²) in [7, 11) is 0. The number of carbonyl (C=O) groups is 4. The van der Waals surface area contributed by atoms with Gasteiger partial charge in [0.25, 0.3) is 5.56 Å². The molecule has 1 aromatic carbocycles. The highest BCUT2D eigenvalue weighted by Gasteiger charge is 2.37. The van der Waals surface area contributed by atoms with E-state index < -0.39 is 54.4 Å². The SMILES string of the molecule is CC(=O)OC[C@@H](OC(C)=O)[C@H](OC(C)=O)[C@@H](/C=N/Nc1nc2ccccc2c(=O)[nH]1)OC(C)=O. The maximum absolute atomic E-state index is 12.2. The summed E-state index contributed by atoms with van der Waals surface area (Å²) >= 11 is 0. The van der Waals surface area contributed by atoms with Crippen molar-refractivity contribution in [3.8, 4) is 0 Å². The lowest BCUT2D eigenvalue weighted by Gasteiger charge is -2.29. The Balaban J connectivity index is 2.34. The normalized spacial score (nSPS) is 13.5. The number of hydrogen-bond acceptors (Lipinski definition) is 12. The number of hydrazone groups is 1. The van der Waals surface area contributed by atoms with Crippen molar-refractivity contribution >= 4 is 46.9 Å². The fourth-order valence-electron chi connectivity index (χ4n) is 2.84. The minimum absolute atomic E-state index is 0.0120. The average Bonchev–Trinajstić information content (AvgIpc) is 2.74. The third-order valence-corrected chi connectivity index (χ3v) is 4.07. The van der Waals surface area contributed by atoms with Gasteiger partial charge in [-0.2, -0.15) is 5.10 Å². The molecule has 2 N–H and O–H groups in total. The number of fused-ring (bicyclic) bond motifs is 1. The molecular formula is C21H24N4O9. The minimum Gasteiger partial charge on any atom is -0.462 e. The first-order valence-electron chi connectivity index (χ1n) is 10.00. The summed E-state index contributed by atoms with van der Waals surface area (Å²) in [5.41, 5.74) is 2.50. The molecule has 0 aliphatic rings. The predicted molar refractivity (Wildman–Crippen MR) is 118 cm³/mol. The first-order chi connectivity index (χ1) is 16.1. The number of esters is 4. The molecule has 0 bridgehead atoms. The number of nitrogens with one attached hydrogen (secondary N) is 2. The topological polar surface area (TPSA) is 175 Å². The Morgan fingerprint density at radius 3 is 2.26 bits per heavy atom. The van der Waals surface area contributed by atoms with E-state index in [9.17, 15) is 24.0 Å². The van der Waals surface area contributed by atoms with Crippen molar-refractivity contribution in [1.29, 1.82) is 0 Å². The molecule has 0 amide bonds. The van der Waals surface area contributed by atoms with Crippen LogP contribution in [0.3, 0.4) is 0 Å². The summed E-state index contributed by atoms with van der Waals surface area (Å²) in [6, 6.07) is 6.64. The second kappa shape index (κ2) is 12.1. The van der Waals surface area contributed by atoms with Crippen molar-refractivity contribution in [2.45, 2.75) is 46.0 Å². The number of ether oxygens (including phenoxy) is 4. The van der Waals surface area contributed by atoms with Crippen molar-refractivity contribution in [2.24, 2.45) is 5.10 Å². The van der Waals surface area contributed by atoms with Gasteiger partial charge in [-0.05, 0) is 12.1 Å². The third kappa shape index (κ3) is 8.00. The minimum atomic E-state index is -1.42. The molecule has 2 rings (SSSR count). The highest BCUT2D eigenvalue weighted by molar-refractivity contribution is 5.78. The predicted octanol–water partition coefficient (Wildman–Crippen LogP) is 0.679. The molecule has 13 nitrogen and oxygen atoms in total. The van der Waals surface area contributed by atoms with Crippen molar-refractivity contribution in [3.05, 3.63) is 34.6 Å². The van der Waals surface area contributed by atoms with Crippen LogP contribution in [0.1, 0.15) is 27.7 Å². The Kier molecular flexibility index (Phi) is 9.23. The maximum Gasteiger partial charge on any atom is 0.303 e. The van der Waals surface area contributed by atoms with Crippen LogP contribution < -0.4 is 11.0 Å². The highest BCUT2D eigenvalue weighted by atomic mass is 16.6. The summed E-state index contributed by atoms with van der Waals surface area (Å²) < 4.78 is 20.4. The Morgan fingerprint density at radius 2 is 1.65 bits per heavy atom. The van der Waals surface area contributed by atoms with Crippen LogP contribution in [0.15, 0.2) is 34.2 Å². The number of hydrogen-bond donors (Lipinski definition) is 2. The zero-order chi connectivity index (χ0) is 25.3. The molecular weight excluding hydrogens is 452 g/mol. The lowest BCUT2D eigenvalue weighted by Crippen LogP contribution is -2.48. The third-order valence-electron chi connectivity index (χ3n) is 4.07. The first-order valence-corrected chi connectivity index (χ1v) is 10.00. The largest absolute Gasteiger partial charge is 0.462 e. The molecule has 0 unspecified atom stereocenters. The molecule has 0 aliphatic heterocycles. The number of nitrogens with zero attached hydrogens (tertiary/aromatic N) is 2. The molecule has 3 atom stereocenters. The van der Waals surface area contributed by atoms with Crippen LogP contribution in [0.4, 0.5) is 5.95 Å². The average molecular weight is 476 g/mol. The lowest BCUT2D eigenvalue weighted by atomic mass is 10.1. The van der Waals surface area contributed by atoms with Gasteiger partial charge in [0, 0.05) is 27.7 Å². The smallest absolute Gasteiger partial charge is 0.303 e. The van der Waals surface area contributed by atoms with Crippen LogP contribution in [0.25, 0.3) is 10.9 Å². The van der Waals surface area contributed by atoms with E-state index in [4.69, 9.17) is 18.9 Å². The Morgan fingerprint density at radius 1 is 1.00 bits per heavy atom. The van der Waals surface area contributed by atoms with Crippen molar-refractivity contribution in [3.63, 3.8) is 0 Å². The molecule has 0 aliphatic carbocycles. The number of carbonyl (C=O) groups excluding carboxylic acids is 4. The molecule has 0 radical (unpaired) electrons. The number of para-hydroxylation sites is 1. The summed E-state index contributed by atoms with van der Waals surface area (Å²) in [4.78, 5) is 65.1. The number of aromatic amines is 1. The van der Waals surface area contributed by atoms with Crippen LogP contribution in [-0.4, -0.2) is 65.0 Å². The highest BCUT2D eigenvalue weighted by Crippen LogP contribution is 2.15. The molecule has 2 aromatic rings. The van der Waals surface area contributed by atoms with Crippen molar-refractivity contribution in [1.82, 2.24) is 9.97 Å². The molecule has 0 saturated carbocycles. The molecule has 182 valence electrons. The Bertz CT molecular complexity index is 1140. The molecule has 1 aromatic heterocycles. The van der Waals surface area contributed by atoms with Crippen LogP contribution >= 0.6 is 0 Å². The second-order valence-electron chi connectivity index (χ2n) is 6.92. The van der Waals surface area contributed by atoms with E-state index in [1.807, 2.05) is 0 Å². The van der Waals surface area contributed by atoms with Crippen LogP contribution in [0, 0.1) is 0 Å². The van der Waals surface area contributed by atoms with Crippen LogP contribution in [-0.2, 0) is 38.1 Å². The van der Waals surface area contributed by atoms with Gasteiger partial charge in [-0.1, -0.05) is 12.1 Å². The van der Waals surface area contributed by atoms with Gasteiger partial charge >= 0.3 is 23.9 Å². The molecule has 0 spiro atoms. The zero-order valence-electron chi connectivity index (χ0n) is 18.9. The summed E-state index contributed by atoms with van der Waals surface area (Å²) in [5, 5.41) is 4.28. The van der Waals surface area contributed by atoms with Gasteiger partial charge in [0.1, 0.15) is 6.61 Å². The second-order valence-corrected chi connectivity index (χ2v) is 6.92. The van der Waals surface area contributed by atoms with Gasteiger partial charge in [0.05, 0.1) is 17.1 Å². The van der Waals surface area contributed by atoms with E-state index in [-0.39, 0.29) is 5.95 Å². The summed E-state index contributed by atoms with van der Waals surface area (Å²) in [6.45, 7) is 3.95. The van der Waals surface area contributed by atoms with E-state index in [0.29, 0.717) is 10.9 Å². The van der Waals surface area contributed by atoms with Gasteiger partial charge in [-0.3, -0.25) is 29.0 Å². The number of anilines is 1. The van der Waals surface area contributed by atoms with Gasteiger partial charge in [-0.15, -0.1) is 0 Å². The number of benzene rings is 1. The van der Waals surface area contributed by atoms with Gasteiger partial charge in [-0.25, -0.2) is 10.4 Å². The number of H-pyrrole nitrogens is 1. The van der Waals surface area contributed by atoms with Gasteiger partial charge < -0.3 is 18.9 Å². The standard InChI is InChI=1S/C21H24N4O9/c1-11(26)31-10-18(33-13(3)28)19(34-14(4)29)17(32-12(2)27)9-22-25-21-23-16-8-6-5-7-15(16)20(30)24-21/h5-9,17-19H,10H2,1-4H3,(H2,23,24,25,30)/b22-9+/t17-,18-,19-/m1/s1. The quantitative estimate of drug-likeness (QED) is 0.213. The van der Waals surface area contributed by atoms with Gasteiger partial charge in [0.2, 0.25) is 5.95 Å². The van der Waals surface area contributed by atoms with E-state index >= 15 is 0 Å². The van der Waals surface area contributed by atoms with Crippen LogP contribution in [0.5, 0.6) is 0 Å². The Labute approximate surface area is 193 Å². The fraction of sp³-hybridized carbons (Fsp3) is 0.381. The van der Waals surface area contributed by atoms with Crippen molar-refractivity contribution in [2.75, 3.05) is 12.0 Å². The maximum atomic E-state index is 12.2. The monoisotopic (exact) mass is 476 g/mol. The van der Waals surface area contributed by atoms with Gasteiger partial charge in [0.15, 0.2) is 18.3 Å². The first kappa shape index (κ1) is 26.0. The van der Waals surface area contributed by atoms with E-state index in [1.54, 1.807) is 24.3 Å². The molecule has 34 heavy (non-hydrogen) atoms. The summed E-state index contributed by atoms with van der Waals surface area (Å²) in [5.74, 6) is -3.00. The summed E-state index contributed by atoms with van der Waals surface area (Å²) in [6.07, 6.45) is -3.06. The molecule has 0 fully saturated rings. The number of aromatic nitrogens is 2. The molecule has 13 heteroatoms. The van der Waals surface area contributed by atoms with Crippen LogP contribution in [0.2, 0.25) is 0 Å². The molecule has 1 heterocycles. The van der Waals surface area contributed by atoms with Crippen molar-refractivity contribution < 1.29 is 38.1 Å². The van der Waals surface area contributed by atoms with E-state index in [2.05, 4.69) is 20.5 Å². The Hall–Kier alpha value is -4.29. The number of rotatable bonds is 10. The van der Waals surface area contributed by atoms with E-state index in [0.717, 1.165) is 33.9 Å². The lowest BCUT2D eigenvalue weighted by molar-refractivity contribution is -0.183. The zero-order valence-corrected chi connectivity index (χ0v) is 18.9. The molecule has 0 saturated heterocycles. The fourth-order valence-corrected chi connectivity index (χ4v) is 2.84.